The highest BCUT2D eigenvalue weighted by molar-refractivity contribution is 5.83. The molecule has 1 heterocycles. The minimum absolute atomic E-state index is 0.170. The van der Waals surface area contributed by atoms with Crippen LogP contribution < -0.4 is 0 Å². The van der Waals surface area contributed by atoms with Crippen molar-refractivity contribution < 1.29 is 27.9 Å². The number of hydrogen-bond acceptors (Lipinski definition) is 3. The van der Waals surface area contributed by atoms with Gasteiger partial charge in [-0.2, -0.15) is 18.3 Å². The second kappa shape index (κ2) is 6.80. The van der Waals surface area contributed by atoms with Crippen LogP contribution in [-0.2, 0) is 22.6 Å². The fraction of sp³-hybridized carbons (Fsp3) is 0.615. The van der Waals surface area contributed by atoms with Crippen molar-refractivity contribution in [1.82, 2.24) is 14.7 Å². The van der Waals surface area contributed by atoms with Crippen molar-refractivity contribution in [3.05, 3.63) is 17.0 Å². The average molecular weight is 321 g/mol. The summed E-state index contributed by atoms with van der Waals surface area (Å²) in [4.78, 5) is 23.9. The van der Waals surface area contributed by atoms with Gasteiger partial charge >= 0.3 is 12.1 Å². The van der Waals surface area contributed by atoms with E-state index < -0.39 is 31.1 Å². The normalized spacial score (nSPS) is 11.5. The van der Waals surface area contributed by atoms with E-state index in [9.17, 15) is 22.8 Å². The summed E-state index contributed by atoms with van der Waals surface area (Å²) in [6, 6.07) is 0. The molecule has 9 heteroatoms. The quantitative estimate of drug-likeness (QED) is 0.862. The third kappa shape index (κ3) is 4.74. The number of hydrogen-bond donors (Lipinski definition) is 1. The van der Waals surface area contributed by atoms with E-state index in [4.69, 9.17) is 5.11 Å². The Kier molecular flexibility index (Phi) is 5.56. The van der Waals surface area contributed by atoms with Gasteiger partial charge in [0.1, 0.15) is 13.1 Å². The van der Waals surface area contributed by atoms with E-state index in [2.05, 4.69) is 5.10 Å². The van der Waals surface area contributed by atoms with Crippen LogP contribution in [0, 0.1) is 13.8 Å². The summed E-state index contributed by atoms with van der Waals surface area (Å²) in [6.07, 6.45) is -4.57. The Morgan fingerprint density at radius 3 is 2.36 bits per heavy atom. The molecular weight excluding hydrogens is 303 g/mol. The number of nitrogens with zero attached hydrogens (tertiary/aromatic N) is 3. The molecule has 0 aliphatic rings. The molecule has 1 N–H and O–H groups in total. The van der Waals surface area contributed by atoms with Crippen LogP contribution in [0.5, 0.6) is 0 Å². The van der Waals surface area contributed by atoms with Gasteiger partial charge in [-0.3, -0.25) is 14.3 Å². The number of carboxylic acids is 1. The third-order valence-corrected chi connectivity index (χ3v) is 3.25. The van der Waals surface area contributed by atoms with E-state index in [1.165, 1.54) is 13.8 Å². The van der Waals surface area contributed by atoms with Crippen molar-refractivity contribution in [2.75, 3.05) is 13.1 Å². The molecule has 0 aromatic carbocycles. The number of rotatable bonds is 6. The molecule has 0 bridgehead atoms. The largest absolute Gasteiger partial charge is 0.480 e. The maximum Gasteiger partial charge on any atom is 0.408 e. The van der Waals surface area contributed by atoms with E-state index in [0.717, 1.165) is 9.58 Å². The SMILES string of the molecule is CCN(CC(=O)O)C(=O)Cc1c(C)nn(CC(F)(F)F)c1C. The van der Waals surface area contributed by atoms with Gasteiger partial charge in [-0.05, 0) is 20.8 Å². The smallest absolute Gasteiger partial charge is 0.408 e. The monoisotopic (exact) mass is 321 g/mol. The number of aryl methyl sites for hydroxylation is 1. The van der Waals surface area contributed by atoms with Gasteiger partial charge in [-0.15, -0.1) is 0 Å². The number of amides is 1. The second-order valence-electron chi connectivity index (χ2n) is 4.90. The number of halogens is 3. The van der Waals surface area contributed by atoms with E-state index in [-0.39, 0.29) is 18.7 Å². The van der Waals surface area contributed by atoms with Crippen molar-refractivity contribution >= 4 is 11.9 Å². The predicted molar refractivity (Wildman–Crippen MR) is 71.3 cm³/mol. The molecule has 124 valence electrons. The highest BCUT2D eigenvalue weighted by atomic mass is 19.4. The topological polar surface area (TPSA) is 75.4 Å². The predicted octanol–water partition coefficient (Wildman–Crippen LogP) is 1.54. The Balaban J connectivity index is 2.94. The molecule has 0 saturated carbocycles. The fourth-order valence-electron chi connectivity index (χ4n) is 2.12. The average Bonchev–Trinajstić information content (AvgIpc) is 2.61. The molecule has 1 amide bonds. The van der Waals surface area contributed by atoms with Crippen LogP contribution in [-0.4, -0.2) is 50.9 Å². The van der Waals surface area contributed by atoms with Crippen molar-refractivity contribution in [1.29, 1.82) is 0 Å². The molecule has 0 aliphatic carbocycles. The number of likely N-dealkylation sites (N-methyl/N-ethyl adjacent to an activating group) is 1. The summed E-state index contributed by atoms with van der Waals surface area (Å²) in [5.41, 5.74) is 0.995. The minimum Gasteiger partial charge on any atom is -0.480 e. The Morgan fingerprint density at radius 2 is 1.91 bits per heavy atom. The Bertz CT molecular complexity index is 567. The number of carbonyl (C=O) groups excluding carboxylic acids is 1. The first-order chi connectivity index (χ1) is 10.0. The first kappa shape index (κ1) is 18.0. The summed E-state index contributed by atoms with van der Waals surface area (Å²) >= 11 is 0. The fourth-order valence-corrected chi connectivity index (χ4v) is 2.12. The van der Waals surface area contributed by atoms with Crippen LogP contribution in [0.15, 0.2) is 0 Å². The number of aromatic nitrogens is 2. The molecule has 0 unspecified atom stereocenters. The van der Waals surface area contributed by atoms with Gasteiger partial charge in [-0.25, -0.2) is 0 Å². The Hall–Kier alpha value is -2.06. The zero-order chi connectivity index (χ0) is 17.1. The number of aliphatic carboxylic acids is 1. The lowest BCUT2D eigenvalue weighted by molar-refractivity contribution is -0.144. The van der Waals surface area contributed by atoms with E-state index >= 15 is 0 Å². The zero-order valence-electron chi connectivity index (χ0n) is 12.6. The Morgan fingerprint density at radius 1 is 1.32 bits per heavy atom. The summed E-state index contributed by atoms with van der Waals surface area (Å²) < 4.78 is 38.2. The zero-order valence-corrected chi connectivity index (χ0v) is 12.6. The van der Waals surface area contributed by atoms with Gasteiger partial charge < -0.3 is 10.0 Å². The summed E-state index contributed by atoms with van der Waals surface area (Å²) in [5, 5.41) is 12.5. The number of carbonyl (C=O) groups is 2. The standard InChI is InChI=1S/C13H18F3N3O3/c1-4-18(6-12(21)22)11(20)5-10-8(2)17-19(9(10)3)7-13(14,15)16/h4-7H2,1-3H3,(H,21,22). The molecule has 6 nitrogen and oxygen atoms in total. The first-order valence-electron chi connectivity index (χ1n) is 6.64. The van der Waals surface area contributed by atoms with Crippen LogP contribution in [0.3, 0.4) is 0 Å². The Labute approximate surface area is 125 Å². The van der Waals surface area contributed by atoms with Crippen LogP contribution in [0.4, 0.5) is 13.2 Å². The van der Waals surface area contributed by atoms with Crippen molar-refractivity contribution in [3.8, 4) is 0 Å². The molecule has 0 spiro atoms. The maximum atomic E-state index is 12.4. The van der Waals surface area contributed by atoms with E-state index in [0.29, 0.717) is 11.3 Å². The number of alkyl halides is 3. The third-order valence-electron chi connectivity index (χ3n) is 3.25. The summed E-state index contributed by atoms with van der Waals surface area (Å²) in [7, 11) is 0. The van der Waals surface area contributed by atoms with Gasteiger partial charge in [-0.1, -0.05) is 0 Å². The van der Waals surface area contributed by atoms with Crippen LogP contribution in [0.2, 0.25) is 0 Å². The van der Waals surface area contributed by atoms with Gasteiger partial charge in [0.05, 0.1) is 12.1 Å². The molecule has 22 heavy (non-hydrogen) atoms. The minimum atomic E-state index is -4.40. The molecule has 1 aromatic heterocycles. The van der Waals surface area contributed by atoms with Gasteiger partial charge in [0.15, 0.2) is 0 Å². The molecule has 1 aromatic rings. The summed E-state index contributed by atoms with van der Waals surface area (Å²) in [6.45, 7) is 3.16. The lowest BCUT2D eigenvalue weighted by Crippen LogP contribution is -2.36. The first-order valence-corrected chi connectivity index (χ1v) is 6.64. The summed E-state index contributed by atoms with van der Waals surface area (Å²) in [5.74, 6) is -1.60. The highest BCUT2D eigenvalue weighted by Crippen LogP contribution is 2.21. The second-order valence-corrected chi connectivity index (χ2v) is 4.90. The van der Waals surface area contributed by atoms with Crippen molar-refractivity contribution in [2.45, 2.75) is 39.9 Å². The van der Waals surface area contributed by atoms with Crippen molar-refractivity contribution in [3.63, 3.8) is 0 Å². The molecule has 0 atom stereocenters. The number of carboxylic acid groups (broad SMARTS) is 1. The highest BCUT2D eigenvalue weighted by Gasteiger charge is 2.30. The molecule has 0 saturated heterocycles. The van der Waals surface area contributed by atoms with Crippen LogP contribution in [0.25, 0.3) is 0 Å². The van der Waals surface area contributed by atoms with Gasteiger partial charge in [0.25, 0.3) is 0 Å². The lowest BCUT2D eigenvalue weighted by Gasteiger charge is -2.18. The molecule has 0 aliphatic heterocycles. The van der Waals surface area contributed by atoms with Crippen molar-refractivity contribution in [2.24, 2.45) is 0 Å². The molecule has 0 radical (unpaired) electrons. The van der Waals surface area contributed by atoms with E-state index in [1.807, 2.05) is 0 Å². The van der Waals surface area contributed by atoms with Crippen LogP contribution in [0.1, 0.15) is 23.9 Å². The maximum absolute atomic E-state index is 12.4. The van der Waals surface area contributed by atoms with Crippen LogP contribution >= 0.6 is 0 Å². The molecular formula is C13H18F3N3O3. The molecule has 0 fully saturated rings. The molecule has 1 rings (SSSR count). The van der Waals surface area contributed by atoms with Gasteiger partial charge in [0.2, 0.25) is 5.91 Å². The van der Waals surface area contributed by atoms with Gasteiger partial charge in [0, 0.05) is 17.8 Å². The van der Waals surface area contributed by atoms with E-state index in [1.54, 1.807) is 6.92 Å². The lowest BCUT2D eigenvalue weighted by atomic mass is 10.1.